The molecule has 164 valence electrons. The average molecular weight is 420 g/mol. The Morgan fingerprint density at radius 2 is 2.17 bits per heavy atom. The third-order valence-electron chi connectivity index (χ3n) is 6.17. The number of amides is 1. The van der Waals surface area contributed by atoms with Gasteiger partial charge in [0.1, 0.15) is 0 Å². The minimum absolute atomic E-state index is 0.136. The van der Waals surface area contributed by atoms with E-state index in [-0.39, 0.29) is 24.4 Å². The van der Waals surface area contributed by atoms with Gasteiger partial charge >= 0.3 is 0 Å². The van der Waals surface area contributed by atoms with Gasteiger partial charge in [-0.25, -0.2) is 9.37 Å². The number of rotatable bonds is 7. The molecule has 3 N–H and O–H groups in total. The smallest absolute Gasteiger partial charge is 0.233 e. The number of fused-ring (bicyclic) bond motifs is 1. The highest BCUT2D eigenvalue weighted by Crippen LogP contribution is 2.46. The number of aliphatic hydroxyl groups is 1. The molecule has 1 saturated heterocycles. The number of alkyl halides is 1. The zero-order chi connectivity index (χ0) is 21.6. The van der Waals surface area contributed by atoms with Crippen molar-refractivity contribution in [2.75, 3.05) is 17.2 Å². The Morgan fingerprint density at radius 3 is 2.73 bits per heavy atom. The van der Waals surface area contributed by atoms with Crippen molar-refractivity contribution >= 4 is 28.8 Å². The molecule has 0 radical (unpaired) electrons. The maximum Gasteiger partial charge on any atom is 0.233 e. The van der Waals surface area contributed by atoms with Crippen LogP contribution in [0.1, 0.15) is 53.2 Å². The number of nitrogens with zero attached hydrogens (tertiary/aromatic N) is 4. The van der Waals surface area contributed by atoms with Crippen molar-refractivity contribution in [1.82, 2.24) is 19.5 Å². The molecule has 2 aromatic heterocycles. The monoisotopic (exact) mass is 420 g/mol. The van der Waals surface area contributed by atoms with E-state index in [9.17, 15) is 9.90 Å². The average Bonchev–Trinajstić information content (AvgIpc) is 3.38. The molecule has 0 bridgehead atoms. The number of carbonyl (C=O) groups excluding carboxylic acids is 1. The van der Waals surface area contributed by atoms with Gasteiger partial charge in [-0.15, -0.1) is 0 Å². The van der Waals surface area contributed by atoms with Gasteiger partial charge in [-0.05, 0) is 19.3 Å². The predicted octanol–water partition coefficient (Wildman–Crippen LogP) is 2.64. The van der Waals surface area contributed by atoms with Crippen LogP contribution in [0.15, 0.2) is 6.33 Å². The zero-order valence-electron chi connectivity index (χ0n) is 17.7. The van der Waals surface area contributed by atoms with E-state index in [0.717, 1.165) is 12.8 Å². The fourth-order valence-electron chi connectivity index (χ4n) is 3.79. The van der Waals surface area contributed by atoms with Crippen molar-refractivity contribution in [3.8, 4) is 0 Å². The quantitative estimate of drug-likeness (QED) is 0.631. The van der Waals surface area contributed by atoms with Crippen molar-refractivity contribution < 1.29 is 19.0 Å². The standard InChI is InChI=1S/C20H29FN6O3/c1-5-20(8-28)11(4)13(21)18(30-20)27-9-22-14-15(23-12-6-7-12)24-19(25-16(14)27)26-17(29)10(2)3/h9-13,18,28H,5-8H2,1-4H3,(H2,23,24,25,26,29)/t11-,13+,18+,20-/m0/s1. The van der Waals surface area contributed by atoms with Crippen LogP contribution < -0.4 is 10.6 Å². The first-order valence-electron chi connectivity index (χ1n) is 10.5. The zero-order valence-corrected chi connectivity index (χ0v) is 17.7. The van der Waals surface area contributed by atoms with E-state index in [1.54, 1.807) is 20.8 Å². The van der Waals surface area contributed by atoms with Crippen molar-refractivity contribution in [3.63, 3.8) is 0 Å². The first kappa shape index (κ1) is 20.9. The fourth-order valence-corrected chi connectivity index (χ4v) is 3.79. The summed E-state index contributed by atoms with van der Waals surface area (Å²) < 4.78 is 22.8. The van der Waals surface area contributed by atoms with Gasteiger partial charge in [0.15, 0.2) is 29.4 Å². The van der Waals surface area contributed by atoms with Crippen LogP contribution in [0.3, 0.4) is 0 Å². The Balaban J connectivity index is 1.76. The lowest BCUT2D eigenvalue weighted by atomic mass is 9.86. The lowest BCUT2D eigenvalue weighted by Gasteiger charge is -2.29. The summed E-state index contributed by atoms with van der Waals surface area (Å²) in [7, 11) is 0. The maximum absolute atomic E-state index is 15.3. The number of halogens is 1. The number of imidazole rings is 1. The molecule has 2 fully saturated rings. The number of anilines is 2. The van der Waals surface area contributed by atoms with E-state index in [0.29, 0.717) is 29.4 Å². The molecule has 1 saturated carbocycles. The number of ether oxygens (including phenoxy) is 1. The van der Waals surface area contributed by atoms with E-state index in [2.05, 4.69) is 25.6 Å². The van der Waals surface area contributed by atoms with Gasteiger partial charge in [-0.1, -0.05) is 27.7 Å². The summed E-state index contributed by atoms with van der Waals surface area (Å²) in [5, 5.41) is 15.9. The van der Waals surface area contributed by atoms with Gasteiger partial charge in [0.25, 0.3) is 0 Å². The first-order valence-corrected chi connectivity index (χ1v) is 10.5. The van der Waals surface area contributed by atoms with Crippen LogP contribution >= 0.6 is 0 Å². The van der Waals surface area contributed by atoms with Gasteiger partial charge in [-0.3, -0.25) is 14.7 Å². The molecule has 0 aromatic carbocycles. The molecule has 3 heterocycles. The fraction of sp³-hybridized carbons (Fsp3) is 0.700. The van der Waals surface area contributed by atoms with Crippen LogP contribution in [0.25, 0.3) is 11.2 Å². The Bertz CT molecular complexity index is 940. The summed E-state index contributed by atoms with van der Waals surface area (Å²) in [5.74, 6) is -0.307. The molecule has 4 atom stereocenters. The van der Waals surface area contributed by atoms with Gasteiger partial charge < -0.3 is 15.2 Å². The summed E-state index contributed by atoms with van der Waals surface area (Å²) in [6.45, 7) is 6.90. The summed E-state index contributed by atoms with van der Waals surface area (Å²) in [4.78, 5) is 25.5. The number of aromatic nitrogens is 4. The Morgan fingerprint density at radius 1 is 1.43 bits per heavy atom. The third-order valence-corrected chi connectivity index (χ3v) is 6.17. The second-order valence-corrected chi connectivity index (χ2v) is 8.60. The number of aliphatic hydroxyl groups excluding tert-OH is 1. The highest BCUT2D eigenvalue weighted by atomic mass is 19.1. The molecule has 1 amide bonds. The van der Waals surface area contributed by atoms with Gasteiger partial charge in [0.2, 0.25) is 11.9 Å². The summed E-state index contributed by atoms with van der Waals surface area (Å²) in [5.41, 5.74) is -0.0971. The first-order chi connectivity index (χ1) is 14.3. The van der Waals surface area contributed by atoms with Crippen molar-refractivity contribution in [2.24, 2.45) is 11.8 Å². The molecule has 1 aliphatic carbocycles. The third kappa shape index (κ3) is 3.51. The highest BCUT2D eigenvalue weighted by molar-refractivity contribution is 5.92. The molecular formula is C20H29FN6O3. The molecular weight excluding hydrogens is 391 g/mol. The second-order valence-electron chi connectivity index (χ2n) is 8.60. The van der Waals surface area contributed by atoms with Gasteiger partial charge in [0.05, 0.1) is 18.5 Å². The number of hydrogen-bond donors (Lipinski definition) is 3. The van der Waals surface area contributed by atoms with Gasteiger partial charge in [0, 0.05) is 17.9 Å². The van der Waals surface area contributed by atoms with Gasteiger partial charge in [-0.2, -0.15) is 9.97 Å². The normalized spacial score (nSPS) is 29.0. The van der Waals surface area contributed by atoms with E-state index in [1.807, 2.05) is 6.92 Å². The highest BCUT2D eigenvalue weighted by Gasteiger charge is 2.53. The molecule has 9 nitrogen and oxygen atoms in total. The minimum Gasteiger partial charge on any atom is -0.393 e. The number of hydrogen-bond acceptors (Lipinski definition) is 7. The lowest BCUT2D eigenvalue weighted by molar-refractivity contribution is -0.118. The molecule has 0 unspecified atom stereocenters. The number of carbonyl (C=O) groups is 1. The topological polar surface area (TPSA) is 114 Å². The SMILES string of the molecule is CC[C@@]1(CO)O[C@@H](n2cnc3c(NC4CC4)nc(NC(=O)C(C)C)nc32)[C@H](F)[C@@H]1C. The van der Waals surface area contributed by atoms with E-state index < -0.39 is 23.9 Å². The Labute approximate surface area is 174 Å². The Hall–Kier alpha value is -2.33. The maximum atomic E-state index is 15.3. The molecule has 1 aliphatic heterocycles. The lowest BCUT2D eigenvalue weighted by Crippen LogP contribution is -2.39. The van der Waals surface area contributed by atoms with E-state index in [4.69, 9.17) is 4.74 Å². The van der Waals surface area contributed by atoms with Crippen LogP contribution in [-0.2, 0) is 9.53 Å². The molecule has 30 heavy (non-hydrogen) atoms. The van der Waals surface area contributed by atoms with E-state index >= 15 is 4.39 Å². The molecule has 4 rings (SSSR count). The van der Waals surface area contributed by atoms with Crippen molar-refractivity contribution in [2.45, 2.75) is 71.0 Å². The summed E-state index contributed by atoms with van der Waals surface area (Å²) in [6, 6.07) is 0.306. The van der Waals surface area contributed by atoms with Crippen LogP contribution in [-0.4, -0.2) is 55.0 Å². The molecule has 2 aliphatic rings. The minimum atomic E-state index is -1.35. The molecule has 0 spiro atoms. The summed E-state index contributed by atoms with van der Waals surface area (Å²) >= 11 is 0. The molecule has 2 aromatic rings. The van der Waals surface area contributed by atoms with Crippen LogP contribution in [0, 0.1) is 11.8 Å². The van der Waals surface area contributed by atoms with E-state index in [1.165, 1.54) is 10.9 Å². The van der Waals surface area contributed by atoms with Crippen molar-refractivity contribution in [3.05, 3.63) is 6.33 Å². The Kier molecular flexibility index (Phi) is 5.39. The predicted molar refractivity (Wildman–Crippen MR) is 110 cm³/mol. The second kappa shape index (κ2) is 7.73. The van der Waals surface area contributed by atoms with Crippen LogP contribution in [0.5, 0.6) is 0 Å². The van der Waals surface area contributed by atoms with Crippen LogP contribution in [0.2, 0.25) is 0 Å². The molecule has 10 heteroatoms. The van der Waals surface area contributed by atoms with Crippen molar-refractivity contribution in [1.29, 1.82) is 0 Å². The largest absolute Gasteiger partial charge is 0.393 e. The van der Waals surface area contributed by atoms with Crippen LogP contribution in [0.4, 0.5) is 16.2 Å². The summed E-state index contributed by atoms with van der Waals surface area (Å²) in [6.07, 6.45) is 1.70. The number of nitrogens with one attached hydrogen (secondary N) is 2.